The number of carboxylic acids is 1. The number of aromatic nitrogens is 2. The molecule has 182 valence electrons. The van der Waals surface area contributed by atoms with Gasteiger partial charge >= 0.3 is 5.97 Å². The summed E-state index contributed by atoms with van der Waals surface area (Å²) in [6, 6.07) is 2.60. The number of amides is 2. The van der Waals surface area contributed by atoms with Crippen molar-refractivity contribution in [3.63, 3.8) is 0 Å². The summed E-state index contributed by atoms with van der Waals surface area (Å²) in [5, 5.41) is 17.4. The second kappa shape index (κ2) is 10.1. The summed E-state index contributed by atoms with van der Waals surface area (Å²) in [6.07, 6.45) is 7.13. The molecular formula is C21H22N7O5S2+. The number of carbonyl (C=O) groups is 3. The van der Waals surface area contributed by atoms with Crippen molar-refractivity contribution in [2.75, 3.05) is 24.3 Å². The first-order valence-electron chi connectivity index (χ1n) is 10.3. The number of hydrogen-bond donors (Lipinski definition) is 4. The Bertz CT molecular complexity index is 1260. The van der Waals surface area contributed by atoms with Crippen LogP contribution < -0.4 is 21.4 Å². The van der Waals surface area contributed by atoms with Crippen molar-refractivity contribution in [3.8, 4) is 0 Å². The van der Waals surface area contributed by atoms with Gasteiger partial charge in [0.2, 0.25) is 0 Å². The summed E-state index contributed by atoms with van der Waals surface area (Å²) in [5.41, 5.74) is 12.5. The fourth-order valence-electron chi connectivity index (χ4n) is 3.58. The van der Waals surface area contributed by atoms with E-state index < -0.39 is 29.2 Å². The Morgan fingerprint density at radius 1 is 1.40 bits per heavy atom. The van der Waals surface area contributed by atoms with E-state index in [0.29, 0.717) is 23.6 Å². The number of fused-ring (bicyclic) bond motifs is 1. The second-order valence-electron chi connectivity index (χ2n) is 7.46. The molecule has 0 aliphatic carbocycles. The van der Waals surface area contributed by atoms with Crippen molar-refractivity contribution in [2.45, 2.75) is 18.0 Å². The summed E-state index contributed by atoms with van der Waals surface area (Å²) < 4.78 is 1.88. The van der Waals surface area contributed by atoms with Crippen LogP contribution in [0.3, 0.4) is 0 Å². The van der Waals surface area contributed by atoms with Gasteiger partial charge in [-0.1, -0.05) is 11.2 Å². The third-order valence-corrected chi connectivity index (χ3v) is 7.18. The predicted molar refractivity (Wildman–Crippen MR) is 130 cm³/mol. The van der Waals surface area contributed by atoms with Gasteiger partial charge in [-0.25, -0.2) is 14.3 Å². The zero-order valence-corrected chi connectivity index (χ0v) is 20.1. The molecular weight excluding hydrogens is 494 g/mol. The Morgan fingerprint density at radius 2 is 2.14 bits per heavy atom. The molecule has 2 aliphatic heterocycles. The maximum Gasteiger partial charge on any atom is 0.352 e. The Kier molecular flexibility index (Phi) is 7.02. The molecule has 2 atom stereocenters. The minimum atomic E-state index is -1.22. The van der Waals surface area contributed by atoms with Crippen LogP contribution in [-0.4, -0.2) is 62.8 Å². The molecule has 1 fully saturated rings. The average Bonchev–Trinajstić information content (AvgIpc) is 3.27. The van der Waals surface area contributed by atoms with Crippen molar-refractivity contribution in [3.05, 3.63) is 59.0 Å². The summed E-state index contributed by atoms with van der Waals surface area (Å²) in [6.45, 7) is 0.500. The number of rotatable bonds is 8. The number of nitrogens with two attached hydrogens (primary N) is 2. The molecule has 6 N–H and O–H groups in total. The van der Waals surface area contributed by atoms with Gasteiger partial charge in [0.1, 0.15) is 29.9 Å². The number of hydrogen-bond acceptors (Lipinski definition) is 10. The van der Waals surface area contributed by atoms with Gasteiger partial charge in [-0.3, -0.25) is 14.5 Å². The summed E-state index contributed by atoms with van der Waals surface area (Å²) in [5.74, 6) is -2.07. The van der Waals surface area contributed by atoms with Crippen LogP contribution in [0.15, 0.2) is 58.5 Å². The van der Waals surface area contributed by atoms with E-state index in [1.54, 1.807) is 23.6 Å². The molecule has 1 saturated heterocycles. The lowest BCUT2D eigenvalue weighted by Crippen LogP contribution is -2.71. The molecule has 35 heavy (non-hydrogen) atoms. The lowest BCUT2D eigenvalue weighted by Gasteiger charge is -2.49. The Morgan fingerprint density at radius 3 is 2.77 bits per heavy atom. The molecule has 4 rings (SSSR count). The number of thioether (sulfide) groups is 1. The number of anilines is 2. The van der Waals surface area contributed by atoms with E-state index in [0.717, 1.165) is 11.3 Å². The zero-order chi connectivity index (χ0) is 25.1. The molecule has 0 spiro atoms. The van der Waals surface area contributed by atoms with E-state index in [2.05, 4.69) is 15.5 Å². The molecule has 2 aromatic rings. The highest BCUT2D eigenvalue weighted by molar-refractivity contribution is 8.00. The van der Waals surface area contributed by atoms with Crippen LogP contribution in [0.1, 0.15) is 5.69 Å². The first-order chi connectivity index (χ1) is 16.8. The predicted octanol–water partition coefficient (Wildman–Crippen LogP) is -0.0595. The SMILES string of the molecule is CO/N=C(\C(=O)NC1C(=O)N2C(C(=O)O)=C(/C=C/C[n+]3ccc(N)cc3)CS[C@@H]12)c1csc(N)n1. The monoisotopic (exact) mass is 516 g/mol. The number of allylic oxidation sites excluding steroid dienone is 2. The Labute approximate surface area is 207 Å². The van der Waals surface area contributed by atoms with E-state index in [1.807, 2.05) is 23.0 Å². The number of nitrogen functional groups attached to an aromatic ring is 2. The molecule has 0 bridgehead atoms. The first kappa shape index (κ1) is 24.2. The molecule has 4 heterocycles. The number of aliphatic carboxylic acids is 1. The highest BCUT2D eigenvalue weighted by Gasteiger charge is 2.54. The molecule has 0 radical (unpaired) electrons. The van der Waals surface area contributed by atoms with Crippen LogP contribution in [0, 0.1) is 0 Å². The lowest BCUT2D eigenvalue weighted by atomic mass is 10.0. The second-order valence-corrected chi connectivity index (χ2v) is 9.46. The molecule has 14 heteroatoms. The Balaban J connectivity index is 1.48. The van der Waals surface area contributed by atoms with Gasteiger partial charge in [0.15, 0.2) is 29.8 Å². The van der Waals surface area contributed by atoms with Crippen LogP contribution in [0.4, 0.5) is 10.8 Å². The van der Waals surface area contributed by atoms with Gasteiger partial charge in [0.25, 0.3) is 11.8 Å². The van der Waals surface area contributed by atoms with Gasteiger partial charge in [-0.2, -0.15) is 0 Å². The average molecular weight is 517 g/mol. The fourth-order valence-corrected chi connectivity index (χ4v) is 5.45. The number of β-lactam (4-membered cyclic amide) rings is 1. The van der Waals surface area contributed by atoms with Crippen molar-refractivity contribution >= 4 is 57.4 Å². The van der Waals surface area contributed by atoms with E-state index in [-0.39, 0.29) is 22.2 Å². The quantitative estimate of drug-likeness (QED) is 0.162. The maximum atomic E-state index is 12.9. The molecule has 0 aromatic carbocycles. The summed E-state index contributed by atoms with van der Waals surface area (Å²) in [4.78, 5) is 47.7. The minimum absolute atomic E-state index is 0.0964. The Hall–Kier alpha value is -3.91. The van der Waals surface area contributed by atoms with E-state index in [4.69, 9.17) is 16.3 Å². The van der Waals surface area contributed by atoms with Crippen LogP contribution in [0.5, 0.6) is 0 Å². The van der Waals surface area contributed by atoms with Crippen LogP contribution >= 0.6 is 23.1 Å². The molecule has 2 amide bonds. The third-order valence-electron chi connectivity index (χ3n) is 5.20. The molecule has 12 nitrogen and oxygen atoms in total. The fraction of sp³-hybridized carbons (Fsp3) is 0.238. The number of oxime groups is 1. The lowest BCUT2D eigenvalue weighted by molar-refractivity contribution is -0.686. The van der Waals surface area contributed by atoms with Crippen LogP contribution in [0.2, 0.25) is 0 Å². The molecule has 2 aliphatic rings. The summed E-state index contributed by atoms with van der Waals surface area (Å²) in [7, 11) is 1.28. The van der Waals surface area contributed by atoms with Gasteiger partial charge in [0.05, 0.1) is 0 Å². The number of pyridine rings is 1. The standard InChI is InChI=1S/C21H21N7O5S2/c1-33-26-14(13-10-35-21(23)24-13)17(29)25-15-18(30)28-16(20(31)32)11(9-34-19(15)28)3-2-6-27-7-4-12(22)5-8-27/h2-5,7-8,10,15,19,22H,6,9H2,1H3,(H4,23,24,25,29,31,32)/p+1/b3-2+,26-14-/t15?,19-/m0/s1. The van der Waals surface area contributed by atoms with E-state index >= 15 is 0 Å². The first-order valence-corrected chi connectivity index (χ1v) is 12.2. The van der Waals surface area contributed by atoms with Crippen LogP contribution in [0.25, 0.3) is 0 Å². The van der Waals surface area contributed by atoms with Crippen molar-refractivity contribution in [1.82, 2.24) is 15.2 Å². The van der Waals surface area contributed by atoms with Gasteiger partial charge in [-0.15, -0.1) is 23.1 Å². The maximum absolute atomic E-state index is 12.9. The van der Waals surface area contributed by atoms with Crippen molar-refractivity contribution in [2.24, 2.45) is 5.16 Å². The third kappa shape index (κ3) is 4.97. The molecule has 1 unspecified atom stereocenters. The number of carbonyl (C=O) groups excluding carboxylic acids is 2. The van der Waals surface area contributed by atoms with Crippen molar-refractivity contribution < 1.29 is 28.9 Å². The van der Waals surface area contributed by atoms with Crippen LogP contribution in [-0.2, 0) is 25.8 Å². The smallest absolute Gasteiger partial charge is 0.352 e. The van der Waals surface area contributed by atoms with E-state index in [1.165, 1.54) is 23.8 Å². The van der Waals surface area contributed by atoms with Gasteiger partial charge in [-0.05, 0) is 11.6 Å². The number of carboxylic acid groups (broad SMARTS) is 1. The number of nitrogens with zero attached hydrogens (tertiary/aromatic N) is 4. The van der Waals surface area contributed by atoms with E-state index in [9.17, 15) is 19.5 Å². The summed E-state index contributed by atoms with van der Waals surface area (Å²) >= 11 is 2.49. The number of nitrogens with one attached hydrogen (secondary N) is 1. The number of thiazole rings is 1. The highest BCUT2D eigenvalue weighted by atomic mass is 32.2. The topological polar surface area (TPSA) is 177 Å². The van der Waals surface area contributed by atoms with Gasteiger partial charge in [0, 0.05) is 29.0 Å². The molecule has 2 aromatic heterocycles. The zero-order valence-electron chi connectivity index (χ0n) is 18.5. The normalized spacial score (nSPS) is 20.0. The van der Waals surface area contributed by atoms with Gasteiger partial charge < -0.3 is 26.7 Å². The van der Waals surface area contributed by atoms with Crippen molar-refractivity contribution in [1.29, 1.82) is 0 Å². The molecule has 0 saturated carbocycles. The highest BCUT2D eigenvalue weighted by Crippen LogP contribution is 2.40. The largest absolute Gasteiger partial charge is 0.477 e. The minimum Gasteiger partial charge on any atom is -0.477 e.